The fraction of sp³-hybridized carbons (Fsp3) is 0.786. The van der Waals surface area contributed by atoms with Crippen LogP contribution in [-0.2, 0) is 7.05 Å². The summed E-state index contributed by atoms with van der Waals surface area (Å²) in [5, 5.41) is 4.54. The van der Waals surface area contributed by atoms with E-state index in [-0.39, 0.29) is 0 Å². The van der Waals surface area contributed by atoms with E-state index < -0.39 is 0 Å². The van der Waals surface area contributed by atoms with Crippen molar-refractivity contribution in [1.29, 1.82) is 0 Å². The average molecular weight is 252 g/mol. The molecule has 1 aromatic heterocycles. The molecule has 4 nitrogen and oxygen atoms in total. The minimum Gasteiger partial charge on any atom is -0.394 e. The molecule has 1 heterocycles. The number of nitrogens with zero attached hydrogens (tertiary/aromatic N) is 3. The maximum atomic E-state index is 6.25. The summed E-state index contributed by atoms with van der Waals surface area (Å²) in [5.74, 6) is 2.08. The highest BCUT2D eigenvalue weighted by molar-refractivity contribution is 5.67. The summed E-state index contributed by atoms with van der Waals surface area (Å²) in [6, 6.07) is 0.461. The zero-order chi connectivity index (χ0) is 14.0. The predicted octanol–water partition coefficient (Wildman–Crippen LogP) is 3.00. The molecule has 0 fully saturated rings. The molecule has 1 atom stereocenters. The molecular weight excluding hydrogens is 224 g/mol. The first-order valence-electron chi connectivity index (χ1n) is 6.80. The third-order valence-electron chi connectivity index (χ3n) is 3.44. The van der Waals surface area contributed by atoms with Crippen LogP contribution in [0, 0.1) is 5.92 Å². The molecule has 0 aliphatic heterocycles. The van der Waals surface area contributed by atoms with E-state index in [1.54, 1.807) is 0 Å². The van der Waals surface area contributed by atoms with Crippen LogP contribution in [0.25, 0.3) is 0 Å². The molecule has 0 aliphatic rings. The molecular formula is C14H28N4. The van der Waals surface area contributed by atoms with Gasteiger partial charge in [0.25, 0.3) is 0 Å². The van der Waals surface area contributed by atoms with Gasteiger partial charge in [0.15, 0.2) is 0 Å². The molecule has 0 amide bonds. The molecule has 104 valence electrons. The van der Waals surface area contributed by atoms with Crippen LogP contribution in [0.1, 0.15) is 52.7 Å². The predicted molar refractivity (Wildman–Crippen MR) is 79.0 cm³/mol. The fourth-order valence-corrected chi connectivity index (χ4v) is 2.45. The lowest BCUT2D eigenvalue weighted by molar-refractivity contribution is 0.497. The highest BCUT2D eigenvalue weighted by atomic mass is 15.4. The van der Waals surface area contributed by atoms with Crippen molar-refractivity contribution in [1.82, 2.24) is 9.78 Å². The van der Waals surface area contributed by atoms with Gasteiger partial charge >= 0.3 is 0 Å². The van der Waals surface area contributed by atoms with E-state index in [9.17, 15) is 0 Å². The number of nitrogen functional groups attached to an aromatic ring is 1. The summed E-state index contributed by atoms with van der Waals surface area (Å²) < 4.78 is 1.90. The Morgan fingerprint density at radius 3 is 2.17 bits per heavy atom. The maximum Gasteiger partial charge on any atom is 0.150 e. The summed E-state index contributed by atoms with van der Waals surface area (Å²) in [4.78, 5) is 2.24. The second kappa shape index (κ2) is 5.63. The van der Waals surface area contributed by atoms with E-state index in [0.29, 0.717) is 17.9 Å². The number of anilines is 2. The third-order valence-corrected chi connectivity index (χ3v) is 3.44. The second-order valence-electron chi connectivity index (χ2n) is 5.99. The lowest BCUT2D eigenvalue weighted by Crippen LogP contribution is -2.32. The van der Waals surface area contributed by atoms with Crippen LogP contribution >= 0.6 is 0 Å². The Kier molecular flexibility index (Phi) is 4.65. The third kappa shape index (κ3) is 2.98. The number of rotatable bonds is 5. The summed E-state index contributed by atoms with van der Waals surface area (Å²) in [7, 11) is 4.07. The van der Waals surface area contributed by atoms with Crippen molar-refractivity contribution in [3.8, 4) is 0 Å². The quantitative estimate of drug-likeness (QED) is 0.876. The van der Waals surface area contributed by atoms with Crippen molar-refractivity contribution in [3.63, 3.8) is 0 Å². The van der Waals surface area contributed by atoms with Crippen LogP contribution in [0.2, 0.25) is 0 Å². The molecule has 0 saturated carbocycles. The van der Waals surface area contributed by atoms with Gasteiger partial charge in [0.05, 0.1) is 11.4 Å². The highest BCUT2D eigenvalue weighted by Crippen LogP contribution is 2.31. The Balaban J connectivity index is 3.02. The normalized spacial score (nSPS) is 13.4. The van der Waals surface area contributed by atoms with Crippen molar-refractivity contribution < 1.29 is 0 Å². The molecule has 4 heteroatoms. The van der Waals surface area contributed by atoms with E-state index in [2.05, 4.69) is 51.7 Å². The van der Waals surface area contributed by atoms with Crippen LogP contribution in [-0.4, -0.2) is 22.9 Å². The monoisotopic (exact) mass is 252 g/mol. The van der Waals surface area contributed by atoms with E-state index in [4.69, 9.17) is 5.73 Å². The maximum absolute atomic E-state index is 6.25. The molecule has 1 aromatic rings. The Labute approximate surface area is 111 Å². The first kappa shape index (κ1) is 14.9. The highest BCUT2D eigenvalue weighted by Gasteiger charge is 2.22. The molecule has 0 aromatic carbocycles. The number of aryl methyl sites for hydroxylation is 1. The first-order chi connectivity index (χ1) is 8.25. The molecule has 2 N–H and O–H groups in total. The Morgan fingerprint density at radius 2 is 1.78 bits per heavy atom. The van der Waals surface area contributed by atoms with E-state index in [1.165, 1.54) is 0 Å². The SMILES string of the molecule is CC(C)CC(C)N(C)c1c(N)c(C(C)C)nn1C. The van der Waals surface area contributed by atoms with Gasteiger partial charge < -0.3 is 10.6 Å². The number of hydrogen-bond acceptors (Lipinski definition) is 3. The smallest absolute Gasteiger partial charge is 0.150 e. The fourth-order valence-electron chi connectivity index (χ4n) is 2.45. The molecule has 0 radical (unpaired) electrons. The van der Waals surface area contributed by atoms with E-state index in [0.717, 1.165) is 23.6 Å². The van der Waals surface area contributed by atoms with Crippen molar-refractivity contribution in [2.75, 3.05) is 17.7 Å². The van der Waals surface area contributed by atoms with Crippen LogP contribution in [0.5, 0.6) is 0 Å². The van der Waals surface area contributed by atoms with Crippen molar-refractivity contribution in [3.05, 3.63) is 5.69 Å². The van der Waals surface area contributed by atoms with Gasteiger partial charge in [-0.3, -0.25) is 4.68 Å². The number of aromatic nitrogens is 2. The van der Waals surface area contributed by atoms with Gasteiger partial charge in [0.2, 0.25) is 0 Å². The Morgan fingerprint density at radius 1 is 1.22 bits per heavy atom. The largest absolute Gasteiger partial charge is 0.394 e. The lowest BCUT2D eigenvalue weighted by atomic mass is 10.0. The summed E-state index contributed by atoms with van der Waals surface area (Å²) in [5.41, 5.74) is 8.07. The Hall–Kier alpha value is -1.19. The van der Waals surface area contributed by atoms with Crippen molar-refractivity contribution in [2.45, 2.75) is 53.0 Å². The van der Waals surface area contributed by atoms with E-state index >= 15 is 0 Å². The molecule has 0 bridgehead atoms. The van der Waals surface area contributed by atoms with E-state index in [1.807, 2.05) is 11.7 Å². The van der Waals surface area contributed by atoms with Gasteiger partial charge in [0.1, 0.15) is 5.82 Å². The van der Waals surface area contributed by atoms with Crippen molar-refractivity contribution in [2.24, 2.45) is 13.0 Å². The van der Waals surface area contributed by atoms with Crippen molar-refractivity contribution >= 4 is 11.5 Å². The minimum atomic E-state index is 0.360. The number of hydrogen-bond donors (Lipinski definition) is 1. The number of nitrogens with two attached hydrogens (primary N) is 1. The average Bonchev–Trinajstić information content (AvgIpc) is 2.52. The van der Waals surface area contributed by atoms with Crippen LogP contribution in [0.15, 0.2) is 0 Å². The summed E-state index contributed by atoms with van der Waals surface area (Å²) in [6.45, 7) is 11.0. The van der Waals surface area contributed by atoms with Gasteiger partial charge in [-0.1, -0.05) is 27.7 Å². The van der Waals surface area contributed by atoms with Crippen LogP contribution < -0.4 is 10.6 Å². The topological polar surface area (TPSA) is 47.1 Å². The zero-order valence-electron chi connectivity index (χ0n) is 12.9. The Bertz CT molecular complexity index is 393. The van der Waals surface area contributed by atoms with Gasteiger partial charge in [-0.05, 0) is 25.2 Å². The van der Waals surface area contributed by atoms with Crippen LogP contribution in [0.3, 0.4) is 0 Å². The zero-order valence-corrected chi connectivity index (χ0v) is 12.9. The minimum absolute atomic E-state index is 0.360. The van der Waals surface area contributed by atoms with Gasteiger partial charge in [0, 0.05) is 20.1 Å². The van der Waals surface area contributed by atoms with Gasteiger partial charge in [-0.25, -0.2) is 0 Å². The summed E-state index contributed by atoms with van der Waals surface area (Å²) in [6.07, 6.45) is 1.15. The standard InChI is InChI=1S/C14H28N4/c1-9(2)8-11(5)17(6)14-12(15)13(10(3)4)16-18(14)7/h9-11H,8,15H2,1-7H3. The first-order valence-corrected chi connectivity index (χ1v) is 6.80. The molecule has 18 heavy (non-hydrogen) atoms. The van der Waals surface area contributed by atoms with Crippen LogP contribution in [0.4, 0.5) is 11.5 Å². The molecule has 0 aliphatic carbocycles. The van der Waals surface area contributed by atoms with Gasteiger partial charge in [-0.2, -0.15) is 5.10 Å². The van der Waals surface area contributed by atoms with Gasteiger partial charge in [-0.15, -0.1) is 0 Å². The second-order valence-corrected chi connectivity index (χ2v) is 5.99. The summed E-state index contributed by atoms with van der Waals surface area (Å²) >= 11 is 0. The molecule has 1 rings (SSSR count). The molecule has 0 saturated heterocycles. The molecule has 0 spiro atoms. The lowest BCUT2D eigenvalue weighted by Gasteiger charge is -2.28. The molecule has 1 unspecified atom stereocenters.